The molecule has 1 rings (SSSR count). The summed E-state index contributed by atoms with van der Waals surface area (Å²) in [5.74, 6) is 0.162. The average Bonchev–Trinajstić information content (AvgIpc) is 2.66. The number of amides is 1. The Morgan fingerprint density at radius 2 is 2.27 bits per heavy atom. The standard InChI is InChI=1S/C8H14BrNO/c1-8(3-4-8)6-10-7(11)2-5-9/h2-6H2,1H3,(H,10,11). The van der Waals surface area contributed by atoms with Crippen LogP contribution in [0, 0.1) is 5.41 Å². The predicted molar refractivity (Wildman–Crippen MR) is 48.8 cm³/mol. The summed E-state index contributed by atoms with van der Waals surface area (Å²) in [5, 5.41) is 3.68. The van der Waals surface area contributed by atoms with Gasteiger partial charge in [-0.15, -0.1) is 0 Å². The number of carbonyl (C=O) groups excluding carboxylic acids is 1. The van der Waals surface area contributed by atoms with Crippen LogP contribution in [-0.4, -0.2) is 17.8 Å². The Hall–Kier alpha value is -0.0500. The molecule has 0 aromatic heterocycles. The zero-order chi connectivity index (χ0) is 8.32. The molecule has 1 aliphatic rings. The second kappa shape index (κ2) is 3.57. The fourth-order valence-electron chi connectivity index (χ4n) is 0.876. The Bertz CT molecular complexity index is 154. The number of carbonyl (C=O) groups is 1. The fraction of sp³-hybridized carbons (Fsp3) is 0.875. The first-order chi connectivity index (χ1) is 5.16. The molecule has 1 N–H and O–H groups in total. The van der Waals surface area contributed by atoms with Crippen molar-refractivity contribution >= 4 is 21.8 Å². The normalized spacial score (nSPS) is 19.5. The molecule has 0 heterocycles. The molecule has 1 saturated carbocycles. The summed E-state index contributed by atoms with van der Waals surface area (Å²) in [5.41, 5.74) is 0.433. The highest BCUT2D eigenvalue weighted by Gasteiger charge is 2.37. The molecule has 2 nitrogen and oxygen atoms in total. The van der Waals surface area contributed by atoms with Gasteiger partial charge in [-0.05, 0) is 18.3 Å². The largest absolute Gasteiger partial charge is 0.356 e. The van der Waals surface area contributed by atoms with Gasteiger partial charge >= 0.3 is 0 Å². The van der Waals surface area contributed by atoms with Crippen LogP contribution in [-0.2, 0) is 4.79 Å². The van der Waals surface area contributed by atoms with Gasteiger partial charge in [-0.1, -0.05) is 22.9 Å². The molecule has 3 heteroatoms. The minimum absolute atomic E-state index is 0.162. The minimum atomic E-state index is 0.162. The highest BCUT2D eigenvalue weighted by Crippen LogP contribution is 2.43. The van der Waals surface area contributed by atoms with E-state index < -0.39 is 0 Å². The number of hydrogen-bond acceptors (Lipinski definition) is 1. The van der Waals surface area contributed by atoms with Crippen molar-refractivity contribution in [2.24, 2.45) is 5.41 Å². The summed E-state index contributed by atoms with van der Waals surface area (Å²) in [6, 6.07) is 0. The molecule has 11 heavy (non-hydrogen) atoms. The molecule has 0 aliphatic heterocycles. The van der Waals surface area contributed by atoms with Crippen molar-refractivity contribution in [1.29, 1.82) is 0 Å². The van der Waals surface area contributed by atoms with E-state index in [1.165, 1.54) is 12.8 Å². The van der Waals surface area contributed by atoms with Crippen LogP contribution in [0.1, 0.15) is 26.2 Å². The maximum atomic E-state index is 11.0. The van der Waals surface area contributed by atoms with E-state index >= 15 is 0 Å². The zero-order valence-corrected chi connectivity index (χ0v) is 8.41. The molecule has 0 aromatic carbocycles. The van der Waals surface area contributed by atoms with Gasteiger partial charge in [-0.3, -0.25) is 4.79 Å². The van der Waals surface area contributed by atoms with Gasteiger partial charge in [-0.2, -0.15) is 0 Å². The van der Waals surface area contributed by atoms with Gasteiger partial charge in [0.1, 0.15) is 0 Å². The second-order valence-corrected chi connectivity index (χ2v) is 4.32. The van der Waals surface area contributed by atoms with E-state index in [-0.39, 0.29) is 5.91 Å². The van der Waals surface area contributed by atoms with Crippen LogP contribution in [0.3, 0.4) is 0 Å². The third kappa shape index (κ3) is 3.23. The van der Waals surface area contributed by atoms with E-state index in [0.717, 1.165) is 11.9 Å². The number of alkyl halides is 1. The van der Waals surface area contributed by atoms with Gasteiger partial charge in [0.25, 0.3) is 0 Å². The molecule has 0 aromatic rings. The van der Waals surface area contributed by atoms with Gasteiger partial charge < -0.3 is 5.32 Å². The summed E-state index contributed by atoms with van der Waals surface area (Å²) in [6.07, 6.45) is 3.12. The van der Waals surface area contributed by atoms with E-state index in [4.69, 9.17) is 0 Å². The van der Waals surface area contributed by atoms with Crippen molar-refractivity contribution in [2.45, 2.75) is 26.2 Å². The summed E-state index contributed by atoms with van der Waals surface area (Å²) < 4.78 is 0. The average molecular weight is 220 g/mol. The highest BCUT2D eigenvalue weighted by atomic mass is 79.9. The molecule has 1 fully saturated rings. The van der Waals surface area contributed by atoms with Crippen LogP contribution in [0.4, 0.5) is 0 Å². The molecule has 0 atom stereocenters. The topological polar surface area (TPSA) is 29.1 Å². The lowest BCUT2D eigenvalue weighted by Gasteiger charge is -2.08. The quantitative estimate of drug-likeness (QED) is 0.717. The molecule has 0 radical (unpaired) electrons. The number of nitrogens with one attached hydrogen (secondary N) is 1. The lowest BCUT2D eigenvalue weighted by molar-refractivity contribution is -0.120. The molecule has 64 valence electrons. The Morgan fingerprint density at radius 3 is 2.73 bits per heavy atom. The van der Waals surface area contributed by atoms with Crippen molar-refractivity contribution in [3.8, 4) is 0 Å². The zero-order valence-electron chi connectivity index (χ0n) is 6.82. The summed E-state index contributed by atoms with van der Waals surface area (Å²) in [6.45, 7) is 3.07. The maximum absolute atomic E-state index is 11.0. The third-order valence-electron chi connectivity index (χ3n) is 2.14. The summed E-state index contributed by atoms with van der Waals surface area (Å²) in [7, 11) is 0. The lowest BCUT2D eigenvalue weighted by atomic mass is 10.1. The number of rotatable bonds is 4. The molecular formula is C8H14BrNO. The summed E-state index contributed by atoms with van der Waals surface area (Å²) >= 11 is 3.23. The number of hydrogen-bond donors (Lipinski definition) is 1. The molecule has 1 amide bonds. The second-order valence-electron chi connectivity index (χ2n) is 3.53. The van der Waals surface area contributed by atoms with Crippen molar-refractivity contribution in [3.63, 3.8) is 0 Å². The van der Waals surface area contributed by atoms with Crippen LogP contribution in [0.25, 0.3) is 0 Å². The fourth-order valence-corrected chi connectivity index (χ4v) is 1.24. The molecule has 0 saturated heterocycles. The molecule has 0 bridgehead atoms. The van der Waals surface area contributed by atoms with Crippen LogP contribution in [0.5, 0.6) is 0 Å². The lowest BCUT2D eigenvalue weighted by Crippen LogP contribution is -2.28. The van der Waals surface area contributed by atoms with Crippen LogP contribution in [0.2, 0.25) is 0 Å². The third-order valence-corrected chi connectivity index (χ3v) is 2.53. The molecular weight excluding hydrogens is 206 g/mol. The van der Waals surface area contributed by atoms with E-state index in [2.05, 4.69) is 28.2 Å². The van der Waals surface area contributed by atoms with Gasteiger partial charge in [0, 0.05) is 18.3 Å². The van der Waals surface area contributed by atoms with Gasteiger partial charge in [-0.25, -0.2) is 0 Å². The monoisotopic (exact) mass is 219 g/mol. The van der Waals surface area contributed by atoms with E-state index in [0.29, 0.717) is 11.8 Å². The van der Waals surface area contributed by atoms with Gasteiger partial charge in [0.15, 0.2) is 0 Å². The minimum Gasteiger partial charge on any atom is -0.356 e. The van der Waals surface area contributed by atoms with Crippen LogP contribution in [0.15, 0.2) is 0 Å². The van der Waals surface area contributed by atoms with Gasteiger partial charge in [0.05, 0.1) is 0 Å². The first kappa shape index (κ1) is 9.04. The Morgan fingerprint density at radius 1 is 1.64 bits per heavy atom. The first-order valence-corrected chi connectivity index (χ1v) is 5.11. The maximum Gasteiger partial charge on any atom is 0.220 e. The Balaban J connectivity index is 2.06. The van der Waals surface area contributed by atoms with Crippen molar-refractivity contribution in [1.82, 2.24) is 5.32 Å². The van der Waals surface area contributed by atoms with E-state index in [1.54, 1.807) is 0 Å². The molecule has 1 aliphatic carbocycles. The Labute approximate surface area is 75.9 Å². The van der Waals surface area contributed by atoms with Crippen molar-refractivity contribution in [3.05, 3.63) is 0 Å². The first-order valence-electron chi connectivity index (χ1n) is 3.99. The summed E-state index contributed by atoms with van der Waals surface area (Å²) in [4.78, 5) is 11.0. The van der Waals surface area contributed by atoms with E-state index in [9.17, 15) is 4.79 Å². The molecule has 0 spiro atoms. The van der Waals surface area contributed by atoms with Gasteiger partial charge in [0.2, 0.25) is 5.91 Å². The highest BCUT2D eigenvalue weighted by molar-refractivity contribution is 9.09. The Kier molecular flexibility index (Phi) is 2.93. The van der Waals surface area contributed by atoms with Crippen LogP contribution >= 0.6 is 15.9 Å². The van der Waals surface area contributed by atoms with E-state index in [1.807, 2.05) is 0 Å². The van der Waals surface area contributed by atoms with Crippen molar-refractivity contribution < 1.29 is 4.79 Å². The predicted octanol–water partition coefficient (Wildman–Crippen LogP) is 1.69. The number of halogens is 1. The SMILES string of the molecule is CC1(CNC(=O)CCBr)CC1. The van der Waals surface area contributed by atoms with Crippen molar-refractivity contribution in [2.75, 3.05) is 11.9 Å². The molecule has 0 unspecified atom stereocenters. The van der Waals surface area contributed by atoms with Crippen LogP contribution < -0.4 is 5.32 Å². The smallest absolute Gasteiger partial charge is 0.220 e.